The van der Waals surface area contributed by atoms with Crippen LogP contribution in [-0.4, -0.2) is 41.6 Å². The zero-order chi connectivity index (χ0) is 19.8. The lowest BCUT2D eigenvalue weighted by molar-refractivity contribution is -0.103. The fourth-order valence-electron chi connectivity index (χ4n) is 6.31. The summed E-state index contributed by atoms with van der Waals surface area (Å²) in [6.07, 6.45) is 8.38. The van der Waals surface area contributed by atoms with Gasteiger partial charge in [0.25, 0.3) is 0 Å². The minimum atomic E-state index is -1.78. The maximum absolute atomic E-state index is 11.5. The van der Waals surface area contributed by atoms with Gasteiger partial charge in [0.05, 0.1) is 6.04 Å². The Labute approximate surface area is 160 Å². The van der Waals surface area contributed by atoms with Gasteiger partial charge in [0.1, 0.15) is 5.54 Å². The normalized spacial score (nSPS) is 39.6. The van der Waals surface area contributed by atoms with Gasteiger partial charge in [-0.2, -0.15) is 20.0 Å². The van der Waals surface area contributed by atoms with E-state index in [1.165, 1.54) is 12.2 Å². The van der Waals surface area contributed by atoms with Crippen LogP contribution in [0.2, 0.25) is 0 Å². The van der Waals surface area contributed by atoms with Crippen LogP contribution in [0.3, 0.4) is 0 Å². The first kappa shape index (κ1) is 18.1. The standard InChI is InChI=1S/C20H16N4O4/c25-10-21-17-15-6-14-7-18(9-15,16-4-2-1-3-5-16)20(23-12-27,24-13-28)19(17,8-14)22-11-26/h1-5,14-15,17H,6-9H2. The van der Waals surface area contributed by atoms with Gasteiger partial charge in [-0.25, -0.2) is 19.2 Å². The van der Waals surface area contributed by atoms with Gasteiger partial charge >= 0.3 is 0 Å². The lowest BCUT2D eigenvalue weighted by Crippen LogP contribution is -2.78. The summed E-state index contributed by atoms with van der Waals surface area (Å²) in [4.78, 5) is 61.7. The molecule has 0 heterocycles. The van der Waals surface area contributed by atoms with Gasteiger partial charge in [-0.15, -0.1) is 0 Å². The fraction of sp³-hybridized carbons (Fsp3) is 0.500. The molecule has 0 amide bonds. The molecule has 28 heavy (non-hydrogen) atoms. The molecule has 140 valence electrons. The molecule has 5 atom stereocenters. The second-order valence-corrected chi connectivity index (χ2v) is 7.79. The van der Waals surface area contributed by atoms with Crippen molar-refractivity contribution in [2.45, 2.75) is 48.3 Å². The highest BCUT2D eigenvalue weighted by atomic mass is 16.1. The lowest BCUT2D eigenvalue weighted by Gasteiger charge is -2.68. The van der Waals surface area contributed by atoms with Crippen LogP contribution in [0.1, 0.15) is 31.2 Å². The molecule has 1 aromatic carbocycles. The Morgan fingerprint density at radius 2 is 1.50 bits per heavy atom. The lowest BCUT2D eigenvalue weighted by atomic mass is 9.39. The summed E-state index contributed by atoms with van der Waals surface area (Å²) in [5.74, 6) is 0.0501. The molecular formula is C20H16N4O4. The van der Waals surface area contributed by atoms with Crippen LogP contribution in [0.15, 0.2) is 50.3 Å². The van der Waals surface area contributed by atoms with Crippen molar-refractivity contribution in [3.05, 3.63) is 35.9 Å². The first-order valence-corrected chi connectivity index (χ1v) is 9.02. The van der Waals surface area contributed by atoms with Crippen molar-refractivity contribution in [1.29, 1.82) is 0 Å². The van der Waals surface area contributed by atoms with E-state index in [-0.39, 0.29) is 11.8 Å². The average Bonchev–Trinajstić information content (AvgIpc) is 2.70. The first-order valence-electron chi connectivity index (χ1n) is 9.02. The largest absolute Gasteiger partial charge is 0.237 e. The highest BCUT2D eigenvalue weighted by Crippen LogP contribution is 2.70. The van der Waals surface area contributed by atoms with Crippen LogP contribution in [0.5, 0.6) is 0 Å². The van der Waals surface area contributed by atoms with Gasteiger partial charge in [-0.05, 0) is 43.1 Å². The summed E-state index contributed by atoms with van der Waals surface area (Å²) in [5, 5.41) is 0. The Bertz CT molecular complexity index is 982. The van der Waals surface area contributed by atoms with Gasteiger partial charge in [-0.3, -0.25) is 0 Å². The van der Waals surface area contributed by atoms with Crippen molar-refractivity contribution in [2.24, 2.45) is 31.8 Å². The van der Waals surface area contributed by atoms with E-state index in [0.717, 1.165) is 12.0 Å². The zero-order valence-corrected chi connectivity index (χ0v) is 14.9. The summed E-state index contributed by atoms with van der Waals surface area (Å²) >= 11 is 0. The fourth-order valence-corrected chi connectivity index (χ4v) is 6.31. The van der Waals surface area contributed by atoms with E-state index in [9.17, 15) is 19.2 Å². The third-order valence-electron chi connectivity index (χ3n) is 6.87. The third-order valence-corrected chi connectivity index (χ3v) is 6.87. The maximum Gasteiger partial charge on any atom is 0.237 e. The number of nitrogens with zero attached hydrogens (tertiary/aromatic N) is 4. The number of rotatable bonds is 5. The summed E-state index contributed by atoms with van der Waals surface area (Å²) in [6.45, 7) is 0. The molecule has 4 aliphatic carbocycles. The van der Waals surface area contributed by atoms with E-state index in [4.69, 9.17) is 0 Å². The Hall–Kier alpha value is -3.26. The van der Waals surface area contributed by atoms with E-state index >= 15 is 0 Å². The molecule has 8 nitrogen and oxygen atoms in total. The van der Waals surface area contributed by atoms with Gasteiger partial charge < -0.3 is 0 Å². The molecule has 4 bridgehead atoms. The molecule has 4 aliphatic rings. The second kappa shape index (κ2) is 6.42. The zero-order valence-electron chi connectivity index (χ0n) is 14.9. The predicted octanol–water partition coefficient (Wildman–Crippen LogP) is 1.90. The SMILES string of the molecule is O=C=NC1C2CC3CC(c4ccccc4)(C2)C(N=C=O)(N=C=O)C1(N=C=O)C3. The molecule has 0 spiro atoms. The number of carbonyl (C=O) groups excluding carboxylic acids is 4. The molecule has 5 rings (SSSR count). The number of hydrogen-bond acceptors (Lipinski definition) is 8. The maximum atomic E-state index is 11.5. The van der Waals surface area contributed by atoms with Crippen molar-refractivity contribution >= 4 is 24.3 Å². The van der Waals surface area contributed by atoms with Crippen LogP contribution < -0.4 is 0 Å². The Morgan fingerprint density at radius 1 is 0.821 bits per heavy atom. The number of isocyanates is 4. The van der Waals surface area contributed by atoms with Gasteiger partial charge in [0.15, 0.2) is 0 Å². The van der Waals surface area contributed by atoms with Gasteiger partial charge in [0, 0.05) is 5.41 Å². The Kier molecular flexibility index (Phi) is 4.15. The average molecular weight is 376 g/mol. The highest BCUT2D eigenvalue weighted by molar-refractivity contribution is 5.54. The first-order chi connectivity index (χ1) is 13.6. The molecular weight excluding hydrogens is 360 g/mol. The minimum absolute atomic E-state index is 0.0944. The molecule has 0 aromatic heterocycles. The highest BCUT2D eigenvalue weighted by Gasteiger charge is 2.78. The van der Waals surface area contributed by atoms with Crippen molar-refractivity contribution < 1.29 is 19.2 Å². The molecule has 0 N–H and O–H groups in total. The molecule has 1 aromatic rings. The molecule has 0 radical (unpaired) electrons. The molecule has 0 saturated heterocycles. The second-order valence-electron chi connectivity index (χ2n) is 7.79. The molecule has 5 unspecified atom stereocenters. The van der Waals surface area contributed by atoms with E-state index in [2.05, 4.69) is 20.0 Å². The van der Waals surface area contributed by atoms with Crippen molar-refractivity contribution in [3.63, 3.8) is 0 Å². The van der Waals surface area contributed by atoms with Crippen LogP contribution in [-0.2, 0) is 24.6 Å². The number of aliphatic imine (C=N–C) groups is 4. The predicted molar refractivity (Wildman–Crippen MR) is 95.3 cm³/mol. The molecule has 0 aliphatic heterocycles. The Balaban J connectivity index is 2.14. The van der Waals surface area contributed by atoms with E-state index < -0.39 is 22.7 Å². The molecule has 4 fully saturated rings. The quantitative estimate of drug-likeness (QED) is 0.576. The van der Waals surface area contributed by atoms with Crippen LogP contribution in [0.25, 0.3) is 0 Å². The Morgan fingerprint density at radius 3 is 2.11 bits per heavy atom. The molecule has 8 heteroatoms. The van der Waals surface area contributed by atoms with Crippen molar-refractivity contribution in [1.82, 2.24) is 0 Å². The summed E-state index contributed by atoms with van der Waals surface area (Å²) in [5.41, 5.74) is -3.30. The summed E-state index contributed by atoms with van der Waals surface area (Å²) in [6, 6.07) is 8.55. The number of benzene rings is 1. The summed E-state index contributed by atoms with van der Waals surface area (Å²) < 4.78 is 0. The van der Waals surface area contributed by atoms with Gasteiger partial charge in [0.2, 0.25) is 30.0 Å². The van der Waals surface area contributed by atoms with Gasteiger partial charge in [-0.1, -0.05) is 30.3 Å². The van der Waals surface area contributed by atoms with E-state index in [1.54, 1.807) is 12.2 Å². The third kappa shape index (κ3) is 2.03. The van der Waals surface area contributed by atoms with Crippen molar-refractivity contribution in [3.8, 4) is 0 Å². The number of hydrogen-bond donors (Lipinski definition) is 0. The minimum Gasteiger partial charge on any atom is -0.211 e. The van der Waals surface area contributed by atoms with Crippen LogP contribution in [0.4, 0.5) is 0 Å². The topological polar surface area (TPSA) is 118 Å². The van der Waals surface area contributed by atoms with Crippen LogP contribution in [0, 0.1) is 11.8 Å². The molecule has 4 saturated carbocycles. The van der Waals surface area contributed by atoms with Crippen LogP contribution >= 0.6 is 0 Å². The summed E-state index contributed by atoms with van der Waals surface area (Å²) in [7, 11) is 0. The monoisotopic (exact) mass is 376 g/mol. The van der Waals surface area contributed by atoms with E-state index in [1.807, 2.05) is 30.3 Å². The smallest absolute Gasteiger partial charge is 0.211 e. The van der Waals surface area contributed by atoms with E-state index in [0.29, 0.717) is 19.3 Å². The van der Waals surface area contributed by atoms with Crippen molar-refractivity contribution in [2.75, 3.05) is 0 Å².